The average Bonchev–Trinajstić information content (AvgIpc) is 0.918. The van der Waals surface area contributed by atoms with Crippen molar-refractivity contribution in [3.63, 3.8) is 0 Å². The smallest absolute Gasteiger partial charge is 0.344 e. The fourth-order valence-corrected chi connectivity index (χ4v) is 9.04. The topological polar surface area (TPSA) is 58.2 Å². The van der Waals surface area contributed by atoms with Gasteiger partial charge in [-0.05, 0) is 192 Å². The van der Waals surface area contributed by atoms with E-state index in [0.717, 1.165) is 61.1 Å². The Bertz CT molecular complexity index is 3950. The van der Waals surface area contributed by atoms with Crippen LogP contribution in [-0.2, 0) is 18.6 Å². The molecule has 0 saturated carbocycles. The molecule has 0 atom stereocenters. The molecule has 11 rings (SSSR count). The molecule has 0 fully saturated rings. The molecular weight excluding hydrogens is 1320 g/mol. The second-order valence-electron chi connectivity index (χ2n) is 18.9. The van der Waals surface area contributed by atoms with Crippen molar-refractivity contribution in [1.29, 1.82) is 2.56 Å². The molecule has 0 heterocycles. The molecule has 11 aromatic carbocycles. The van der Waals surface area contributed by atoms with Crippen LogP contribution in [0.2, 0.25) is 0 Å². The van der Waals surface area contributed by atoms with Gasteiger partial charge in [0.05, 0.1) is 0 Å². The molecule has 0 bridgehead atoms. The molecular formula is C72H54BrF10N4O3PV. The standard InChI is InChI=1S/C40H26F6N2O2.C24H20N2.C8H4BrF3O.FH3P.V.H/c41-37(42)39(45)49-35-23-19-33(20-24-35)47(29-7-3-1-4-8-29)31-15-11-27(12-16-31)28-13-17-32(18-14-28)48(30-9-5-2-6-10-30)34-21-25-36(26-22-34)50-40(46)38(43)44;1-3-7-21(8-4-1)25-23-15-11-19(12-16-23)20-13-17-24(18-14-20)26-22-9-5-2-6-10-22;9-5-1-3-6(4-2-5)13-8(12)7(10)11;1-2;;/h1-26H;1-18,25-26H;1-4H;2H3;;/q;;;+1;;-1/i;;;2T2;;1+1. The third-order valence-corrected chi connectivity index (χ3v) is 13.4. The number of anilines is 10. The quantitative estimate of drug-likeness (QED) is 0.0504. The Morgan fingerprint density at radius 3 is 0.783 bits per heavy atom. The minimum atomic E-state index is -2.88. The predicted octanol–water partition coefficient (Wildman–Crippen LogP) is 24.4. The Balaban J connectivity index is 0.000000262. The second-order valence-corrected chi connectivity index (χ2v) is 19.8. The van der Waals surface area contributed by atoms with E-state index in [1.165, 1.54) is 47.5 Å². The van der Waals surface area contributed by atoms with Crippen molar-refractivity contribution in [3.05, 3.63) is 332 Å². The zero-order valence-electron chi connectivity index (χ0n) is 50.9. The minimum Gasteiger partial charge on any atom is -1.00 e. The summed E-state index contributed by atoms with van der Waals surface area (Å²) in [6, 6.07) is 84.5. The predicted molar refractivity (Wildman–Crippen MR) is 353 cm³/mol. The molecule has 0 aromatic heterocycles. The third-order valence-electron chi connectivity index (χ3n) is 12.9. The van der Waals surface area contributed by atoms with E-state index in [1.54, 1.807) is 36.4 Å². The first-order valence-electron chi connectivity index (χ1n) is 28.3. The molecule has 0 spiro atoms. The average molecular weight is 1380 g/mol. The Hall–Kier alpha value is -9.97. The number of nitrogens with one attached hydrogen (secondary N) is 2. The van der Waals surface area contributed by atoms with Gasteiger partial charge >= 0.3 is 38.8 Å². The van der Waals surface area contributed by atoms with Crippen molar-refractivity contribution < 1.29 is 77.9 Å². The Kier molecular flexibility index (Phi) is 25.6. The van der Waals surface area contributed by atoms with E-state index in [2.05, 4.69) is 114 Å². The molecule has 11 aromatic rings. The van der Waals surface area contributed by atoms with Gasteiger partial charge in [-0.25, -0.2) is 0 Å². The fourth-order valence-electron chi connectivity index (χ4n) is 8.78. The van der Waals surface area contributed by atoms with Crippen molar-refractivity contribution in [2.45, 2.75) is 0 Å². The van der Waals surface area contributed by atoms with E-state index in [0.29, 0.717) is 11.4 Å². The number of benzene rings is 11. The summed E-state index contributed by atoms with van der Waals surface area (Å²) in [5.74, 6) is -0.116. The summed E-state index contributed by atoms with van der Waals surface area (Å²) < 4.78 is 148. The molecule has 7 nitrogen and oxygen atoms in total. The summed E-state index contributed by atoms with van der Waals surface area (Å²) in [6.07, 6.45) is -7.54. The molecule has 92 heavy (non-hydrogen) atoms. The fraction of sp³-hybridized carbons (Fsp3) is 0. The Morgan fingerprint density at radius 2 is 0.522 bits per heavy atom. The molecule has 0 aliphatic carbocycles. The van der Waals surface area contributed by atoms with Crippen LogP contribution in [0, 0.1) is 0 Å². The van der Waals surface area contributed by atoms with Gasteiger partial charge < -0.3 is 36.1 Å². The summed E-state index contributed by atoms with van der Waals surface area (Å²) >= 11 is 3.13. The maximum atomic E-state index is 13.3. The number of ether oxygens (including phenoxy) is 3. The molecule has 20 heteroatoms. The van der Waals surface area contributed by atoms with Crippen molar-refractivity contribution in [2.75, 3.05) is 20.4 Å². The molecule has 0 unspecified atom stereocenters. The number of hydrogen-bond acceptors (Lipinski definition) is 7. The molecule has 467 valence electrons. The van der Waals surface area contributed by atoms with E-state index < -0.39 is 45.7 Å². The van der Waals surface area contributed by atoms with Crippen molar-refractivity contribution >= 4 is 82.2 Å². The summed E-state index contributed by atoms with van der Waals surface area (Å²) in [5, 5.41) is 6.82. The molecule has 1 radical (unpaired) electrons. The van der Waals surface area contributed by atoms with Gasteiger partial charge in [-0.1, -0.05) is 141 Å². The summed E-state index contributed by atoms with van der Waals surface area (Å²) in [4.78, 5) is 3.93. The normalized spacial score (nSPS) is 10.4. The van der Waals surface area contributed by atoms with Crippen LogP contribution in [-0.4, -0.2) is 2.56 Å². The maximum Gasteiger partial charge on any atom is 0.344 e. The molecule has 0 amide bonds. The second kappa shape index (κ2) is 35.4. The van der Waals surface area contributed by atoms with Crippen LogP contribution in [0.4, 0.5) is 101 Å². The van der Waals surface area contributed by atoms with E-state index in [-0.39, 0.29) is 37.2 Å². The van der Waals surface area contributed by atoms with Crippen LogP contribution in [0.5, 0.6) is 17.2 Å². The minimum absolute atomic E-state index is 0. The van der Waals surface area contributed by atoms with Gasteiger partial charge in [-0.15, -0.1) is 0 Å². The van der Waals surface area contributed by atoms with Crippen LogP contribution >= 0.6 is 25.4 Å². The van der Waals surface area contributed by atoms with Crippen LogP contribution < -0.4 is 34.6 Å². The van der Waals surface area contributed by atoms with Gasteiger partial charge in [0.15, 0.2) is 9.44 Å². The molecule has 0 saturated heterocycles. The van der Waals surface area contributed by atoms with E-state index >= 15 is 0 Å². The zero-order chi connectivity index (χ0) is 66.1. The first kappa shape index (κ1) is 66.5. The number of halogens is 11. The maximum absolute atomic E-state index is 13.3. The SMILES string of the molecule is FC(F)=C(F)Oc1ccc(Br)cc1.FC(F)=C(F)Oc1ccc(N(c2ccccc2)c2ccc(-c3ccc(N(c4ccccc4)c4ccc(OC(F)=C(F)F)cc4)cc3)cc2)cc1.[2H-].[3H][PH+]([3H])F.[V].c1ccc(Nc2ccc(-c3ccc(Nc4ccccc4)cc3)cc2)cc1. The van der Waals surface area contributed by atoms with Crippen molar-refractivity contribution in [1.82, 2.24) is 0 Å². The summed E-state index contributed by atoms with van der Waals surface area (Å²) in [6.45, 7) is 0. The Morgan fingerprint density at radius 1 is 0.315 bits per heavy atom. The summed E-state index contributed by atoms with van der Waals surface area (Å²) in [5.41, 5.74) is 13.4. The monoisotopic (exact) mass is 1380 g/mol. The van der Waals surface area contributed by atoms with Crippen LogP contribution in [0.25, 0.3) is 22.3 Å². The number of rotatable bonds is 18. The van der Waals surface area contributed by atoms with Gasteiger partial charge in [0.2, 0.25) is 0 Å². The zero-order valence-corrected chi connectivity index (χ0v) is 51.9. The number of nitrogens with zero attached hydrogens (tertiary/aromatic N) is 2. The van der Waals surface area contributed by atoms with E-state index in [1.807, 2.05) is 155 Å². The first-order valence-corrected chi connectivity index (χ1v) is 28.5. The molecule has 2 N–H and O–H groups in total. The largest absolute Gasteiger partial charge is 1.00 e. The van der Waals surface area contributed by atoms with Crippen molar-refractivity contribution in [2.24, 2.45) is 0 Å². The van der Waals surface area contributed by atoms with E-state index in [4.69, 9.17) is 2.56 Å². The van der Waals surface area contributed by atoms with Crippen LogP contribution in [0.1, 0.15) is 1.43 Å². The van der Waals surface area contributed by atoms with E-state index in [9.17, 15) is 43.7 Å². The Labute approximate surface area is 551 Å². The molecule has 0 aliphatic rings. The number of para-hydroxylation sites is 4. The van der Waals surface area contributed by atoms with Gasteiger partial charge in [-0.3, -0.25) is 0 Å². The number of hydrogen-bond donors (Lipinski definition) is 2. The van der Waals surface area contributed by atoms with Crippen LogP contribution in [0.15, 0.2) is 332 Å². The molecule has 0 aliphatic heterocycles. The van der Waals surface area contributed by atoms with Gasteiger partial charge in [0.1, 0.15) is 17.2 Å². The van der Waals surface area contributed by atoms with Gasteiger partial charge in [0.25, 0.3) is 0 Å². The first-order chi connectivity index (χ1) is 45.0. The van der Waals surface area contributed by atoms with Gasteiger partial charge in [-0.2, -0.15) is 39.5 Å². The van der Waals surface area contributed by atoms with Gasteiger partial charge in [0, 0.05) is 79.9 Å². The van der Waals surface area contributed by atoms with Crippen LogP contribution in [0.3, 0.4) is 0 Å². The van der Waals surface area contributed by atoms with Crippen molar-refractivity contribution in [3.8, 4) is 39.5 Å². The third kappa shape index (κ3) is 20.5. The summed E-state index contributed by atoms with van der Waals surface area (Å²) in [7, 11) is -2.88.